The van der Waals surface area contributed by atoms with Gasteiger partial charge in [-0.15, -0.1) is 0 Å². The molecule has 1 aromatic carbocycles. The third kappa shape index (κ3) is 3.95. The largest absolute Gasteiger partial charge is 0.497 e. The van der Waals surface area contributed by atoms with Crippen molar-refractivity contribution in [3.05, 3.63) is 42.2 Å². The molecule has 0 spiro atoms. The monoisotopic (exact) mass is 329 g/mol. The normalized spacial score (nSPS) is 10.2. The molecule has 0 radical (unpaired) electrons. The van der Waals surface area contributed by atoms with Gasteiger partial charge < -0.3 is 19.7 Å². The number of nitrogens with one attached hydrogen (secondary N) is 1. The van der Waals surface area contributed by atoms with Crippen LogP contribution in [0.5, 0.6) is 11.5 Å². The van der Waals surface area contributed by atoms with Gasteiger partial charge in [-0.05, 0) is 32.0 Å². The van der Waals surface area contributed by atoms with E-state index in [1.807, 2.05) is 26.0 Å². The minimum Gasteiger partial charge on any atom is -0.497 e. The van der Waals surface area contributed by atoms with Crippen molar-refractivity contribution in [3.63, 3.8) is 0 Å². The van der Waals surface area contributed by atoms with Crippen LogP contribution in [0.4, 0.5) is 11.4 Å². The van der Waals surface area contributed by atoms with Crippen LogP contribution >= 0.6 is 0 Å². The van der Waals surface area contributed by atoms with Crippen LogP contribution in [-0.2, 0) is 0 Å². The Morgan fingerprint density at radius 3 is 2.50 bits per heavy atom. The van der Waals surface area contributed by atoms with E-state index in [1.54, 1.807) is 43.6 Å². The number of ether oxygens (including phenoxy) is 2. The van der Waals surface area contributed by atoms with E-state index in [4.69, 9.17) is 9.47 Å². The van der Waals surface area contributed by atoms with E-state index in [-0.39, 0.29) is 5.91 Å². The highest BCUT2D eigenvalue weighted by molar-refractivity contribution is 5.95. The number of methoxy groups -OCH3 is 2. The quantitative estimate of drug-likeness (QED) is 0.844. The van der Waals surface area contributed by atoms with Crippen LogP contribution in [0.25, 0.3) is 0 Å². The van der Waals surface area contributed by atoms with Crippen molar-refractivity contribution in [2.24, 2.45) is 0 Å². The molecule has 0 atom stereocenters. The Balaban J connectivity index is 2.25. The fourth-order valence-electron chi connectivity index (χ4n) is 2.38. The van der Waals surface area contributed by atoms with E-state index < -0.39 is 0 Å². The molecule has 0 saturated carbocycles. The zero-order chi connectivity index (χ0) is 17.5. The number of hydrogen-bond acceptors (Lipinski definition) is 5. The first kappa shape index (κ1) is 17.6. The zero-order valence-electron chi connectivity index (χ0n) is 14.5. The molecule has 0 aliphatic rings. The highest BCUT2D eigenvalue weighted by Crippen LogP contribution is 2.31. The maximum absolute atomic E-state index is 12.4. The van der Waals surface area contributed by atoms with Crippen molar-refractivity contribution in [1.29, 1.82) is 0 Å². The minimum atomic E-state index is -0.0298. The second-order valence-electron chi connectivity index (χ2n) is 5.13. The third-order valence-electron chi connectivity index (χ3n) is 3.72. The fourth-order valence-corrected chi connectivity index (χ4v) is 2.38. The number of anilines is 2. The first-order valence-corrected chi connectivity index (χ1v) is 7.86. The van der Waals surface area contributed by atoms with Crippen LogP contribution < -0.4 is 14.8 Å². The number of carbonyl (C=O) groups is 1. The number of benzene rings is 1. The van der Waals surface area contributed by atoms with Crippen LogP contribution in [0.3, 0.4) is 0 Å². The molecule has 0 unspecified atom stereocenters. The summed E-state index contributed by atoms with van der Waals surface area (Å²) in [5.41, 5.74) is 2.04. The van der Waals surface area contributed by atoms with Crippen molar-refractivity contribution in [2.75, 3.05) is 32.6 Å². The number of amides is 1. The third-order valence-corrected chi connectivity index (χ3v) is 3.72. The highest BCUT2D eigenvalue weighted by Gasteiger charge is 2.14. The molecule has 0 fully saturated rings. The lowest BCUT2D eigenvalue weighted by Crippen LogP contribution is -2.30. The molecule has 0 aliphatic carbocycles. The van der Waals surface area contributed by atoms with Crippen LogP contribution in [0.2, 0.25) is 0 Å². The van der Waals surface area contributed by atoms with Gasteiger partial charge in [0.15, 0.2) is 0 Å². The standard InChI is InChI=1S/C18H23N3O3/c1-5-21(6-2)18(22)13-9-14(12-19-11-13)20-16-8-7-15(23-3)10-17(16)24-4/h7-12,20H,5-6H2,1-4H3. The van der Waals surface area contributed by atoms with Crippen molar-refractivity contribution >= 4 is 17.3 Å². The summed E-state index contributed by atoms with van der Waals surface area (Å²) in [6.07, 6.45) is 3.25. The zero-order valence-corrected chi connectivity index (χ0v) is 14.5. The summed E-state index contributed by atoms with van der Waals surface area (Å²) < 4.78 is 10.6. The second kappa shape index (κ2) is 8.19. The molecule has 6 nitrogen and oxygen atoms in total. The van der Waals surface area contributed by atoms with Gasteiger partial charge in [-0.1, -0.05) is 0 Å². The predicted octanol–water partition coefficient (Wildman–Crippen LogP) is 3.32. The molecule has 0 bridgehead atoms. The van der Waals surface area contributed by atoms with Crippen LogP contribution in [-0.4, -0.2) is 43.1 Å². The van der Waals surface area contributed by atoms with Crippen molar-refractivity contribution in [2.45, 2.75) is 13.8 Å². The van der Waals surface area contributed by atoms with Gasteiger partial charge in [0.25, 0.3) is 5.91 Å². The summed E-state index contributed by atoms with van der Waals surface area (Å²) in [7, 11) is 3.20. The molecule has 1 N–H and O–H groups in total. The van der Waals surface area contributed by atoms with Gasteiger partial charge in [0.1, 0.15) is 11.5 Å². The van der Waals surface area contributed by atoms with Crippen LogP contribution in [0, 0.1) is 0 Å². The van der Waals surface area contributed by atoms with Gasteiger partial charge in [0.2, 0.25) is 0 Å². The molecule has 2 rings (SSSR count). The Labute approximate surface area is 142 Å². The molecule has 0 saturated heterocycles. The first-order valence-electron chi connectivity index (χ1n) is 7.86. The lowest BCUT2D eigenvalue weighted by Gasteiger charge is -2.19. The average molecular weight is 329 g/mol. The summed E-state index contributed by atoms with van der Waals surface area (Å²) in [5.74, 6) is 1.33. The SMILES string of the molecule is CCN(CC)C(=O)c1cncc(Nc2ccc(OC)cc2OC)c1. The van der Waals surface area contributed by atoms with E-state index in [0.29, 0.717) is 30.2 Å². The van der Waals surface area contributed by atoms with E-state index in [1.165, 1.54) is 0 Å². The molecule has 24 heavy (non-hydrogen) atoms. The molecule has 128 valence electrons. The van der Waals surface area contributed by atoms with E-state index >= 15 is 0 Å². The second-order valence-corrected chi connectivity index (χ2v) is 5.13. The Hall–Kier alpha value is -2.76. The van der Waals surface area contributed by atoms with Gasteiger partial charge in [-0.25, -0.2) is 0 Å². The van der Waals surface area contributed by atoms with Gasteiger partial charge in [0.05, 0.1) is 37.4 Å². The van der Waals surface area contributed by atoms with Gasteiger partial charge >= 0.3 is 0 Å². The average Bonchev–Trinajstić information content (AvgIpc) is 2.63. The van der Waals surface area contributed by atoms with E-state index in [9.17, 15) is 4.79 Å². The summed E-state index contributed by atoms with van der Waals surface area (Å²) in [6, 6.07) is 7.28. The summed E-state index contributed by atoms with van der Waals surface area (Å²) in [6.45, 7) is 5.25. The minimum absolute atomic E-state index is 0.0298. The Morgan fingerprint density at radius 1 is 1.12 bits per heavy atom. The Kier molecular flexibility index (Phi) is 6.01. The van der Waals surface area contributed by atoms with Gasteiger partial charge in [0, 0.05) is 25.4 Å². The number of aromatic nitrogens is 1. The van der Waals surface area contributed by atoms with Crippen LogP contribution in [0.1, 0.15) is 24.2 Å². The molecule has 1 heterocycles. The number of pyridine rings is 1. The fraction of sp³-hybridized carbons (Fsp3) is 0.333. The number of rotatable bonds is 7. The lowest BCUT2D eigenvalue weighted by molar-refractivity contribution is 0.0772. The Bertz CT molecular complexity index is 700. The van der Waals surface area contributed by atoms with Crippen LogP contribution in [0.15, 0.2) is 36.7 Å². The highest BCUT2D eigenvalue weighted by atomic mass is 16.5. The maximum atomic E-state index is 12.4. The molecular weight excluding hydrogens is 306 g/mol. The van der Waals surface area contributed by atoms with E-state index in [2.05, 4.69) is 10.3 Å². The summed E-state index contributed by atoms with van der Waals surface area (Å²) in [5, 5.41) is 3.23. The molecule has 2 aromatic rings. The van der Waals surface area contributed by atoms with Crippen molar-refractivity contribution in [1.82, 2.24) is 9.88 Å². The summed E-state index contributed by atoms with van der Waals surface area (Å²) in [4.78, 5) is 18.4. The smallest absolute Gasteiger partial charge is 0.255 e. The first-order chi connectivity index (χ1) is 11.6. The Morgan fingerprint density at radius 2 is 1.88 bits per heavy atom. The summed E-state index contributed by atoms with van der Waals surface area (Å²) >= 11 is 0. The number of nitrogens with zero attached hydrogens (tertiary/aromatic N) is 2. The topological polar surface area (TPSA) is 63.7 Å². The lowest BCUT2D eigenvalue weighted by atomic mass is 10.2. The molecule has 6 heteroatoms. The van der Waals surface area contributed by atoms with Gasteiger partial charge in [-0.3, -0.25) is 9.78 Å². The molecule has 1 amide bonds. The van der Waals surface area contributed by atoms with E-state index in [0.717, 1.165) is 11.4 Å². The predicted molar refractivity (Wildman–Crippen MR) is 94.3 cm³/mol. The molecule has 0 aliphatic heterocycles. The number of carbonyl (C=O) groups excluding carboxylic acids is 1. The van der Waals surface area contributed by atoms with Crippen molar-refractivity contribution in [3.8, 4) is 11.5 Å². The maximum Gasteiger partial charge on any atom is 0.255 e. The molecule has 1 aromatic heterocycles. The molecular formula is C18H23N3O3. The number of hydrogen-bond donors (Lipinski definition) is 1. The van der Waals surface area contributed by atoms with Gasteiger partial charge in [-0.2, -0.15) is 0 Å². The van der Waals surface area contributed by atoms with Crippen molar-refractivity contribution < 1.29 is 14.3 Å².